The van der Waals surface area contributed by atoms with Crippen LogP contribution >= 0.6 is 0 Å². The third kappa shape index (κ3) is 3.10. The van der Waals surface area contributed by atoms with Crippen LogP contribution in [0, 0.1) is 0 Å². The average Bonchev–Trinajstić information content (AvgIpc) is 2.50. The van der Waals surface area contributed by atoms with E-state index < -0.39 is 23.5 Å². The Labute approximate surface area is 108 Å². The number of rotatable bonds is 2. The van der Waals surface area contributed by atoms with Crippen LogP contribution in [0.25, 0.3) is 0 Å². The Hall–Kier alpha value is -1.36. The van der Waals surface area contributed by atoms with Gasteiger partial charge in [-0.25, -0.2) is 4.79 Å². The van der Waals surface area contributed by atoms with Gasteiger partial charge >= 0.3 is 6.09 Å². The van der Waals surface area contributed by atoms with Crippen molar-refractivity contribution in [2.75, 3.05) is 6.61 Å². The summed E-state index contributed by atoms with van der Waals surface area (Å²) < 4.78 is 10.8. The van der Waals surface area contributed by atoms with Gasteiger partial charge in [-0.3, -0.25) is 9.69 Å². The van der Waals surface area contributed by atoms with E-state index in [9.17, 15) is 9.59 Å². The van der Waals surface area contributed by atoms with E-state index in [1.54, 1.807) is 34.6 Å². The van der Waals surface area contributed by atoms with Crippen LogP contribution in [0.2, 0.25) is 0 Å². The van der Waals surface area contributed by atoms with Gasteiger partial charge in [-0.2, -0.15) is 0 Å². The smallest absolute Gasteiger partial charge is 0.413 e. The maximum Gasteiger partial charge on any atom is 0.413 e. The normalized spacial score (nSPS) is 22.7. The molecule has 1 saturated heterocycles. The van der Waals surface area contributed by atoms with Gasteiger partial charge in [-0.05, 0) is 40.7 Å². The molecule has 0 aromatic heterocycles. The first-order chi connectivity index (χ1) is 8.08. The van der Waals surface area contributed by atoms with Gasteiger partial charge in [0, 0.05) is 0 Å². The van der Waals surface area contributed by atoms with Crippen molar-refractivity contribution in [2.45, 2.75) is 52.0 Å². The van der Waals surface area contributed by atoms with Crippen LogP contribution in [0.15, 0.2) is 12.7 Å². The van der Waals surface area contributed by atoms with Crippen LogP contribution in [0.5, 0.6) is 0 Å². The minimum Gasteiger partial charge on any atom is -0.444 e. The highest BCUT2D eigenvalue weighted by atomic mass is 16.6. The first-order valence-electron chi connectivity index (χ1n) is 5.91. The summed E-state index contributed by atoms with van der Waals surface area (Å²) in [5, 5.41) is 0. The molecule has 5 heteroatoms. The van der Waals surface area contributed by atoms with Crippen LogP contribution in [-0.2, 0) is 14.3 Å². The number of hydrogen-bond donors (Lipinski definition) is 0. The minimum atomic E-state index is -0.855. The molecular weight excluding hydrogens is 234 g/mol. The molecule has 1 unspecified atom stereocenters. The van der Waals surface area contributed by atoms with E-state index in [1.165, 1.54) is 11.0 Å². The lowest BCUT2D eigenvalue weighted by Crippen LogP contribution is -2.51. The highest BCUT2D eigenvalue weighted by molar-refractivity contribution is 5.96. The average molecular weight is 255 g/mol. The molecule has 5 nitrogen and oxygen atoms in total. The molecule has 1 aliphatic heterocycles. The van der Waals surface area contributed by atoms with E-state index in [0.29, 0.717) is 0 Å². The van der Waals surface area contributed by atoms with Crippen molar-refractivity contribution >= 4 is 11.9 Å². The Kier molecular flexibility index (Phi) is 3.86. The number of hydrogen-bond acceptors (Lipinski definition) is 4. The number of carbonyl (C=O) groups is 2. The van der Waals surface area contributed by atoms with Gasteiger partial charge in [0.2, 0.25) is 0 Å². The molecule has 1 amide bonds. The molecule has 1 fully saturated rings. The Bertz CT molecular complexity index is 368. The summed E-state index contributed by atoms with van der Waals surface area (Å²) in [6.45, 7) is 12.4. The Morgan fingerprint density at radius 3 is 2.44 bits per heavy atom. The standard InChI is InChI=1S/C13H21NO4/c1-7-10(15)9-8-17-13(5,6)14(9)11(16)18-12(2,3)4/h7,9H,1,8H2,2-6H3. The SMILES string of the molecule is C=CC(=O)C1COC(C)(C)N1C(=O)OC(C)(C)C. The number of ether oxygens (including phenoxy) is 2. The predicted molar refractivity (Wildman–Crippen MR) is 67.1 cm³/mol. The summed E-state index contributed by atoms with van der Waals surface area (Å²) >= 11 is 0. The summed E-state index contributed by atoms with van der Waals surface area (Å²) in [5.74, 6) is -0.244. The molecule has 1 aliphatic rings. The first kappa shape index (κ1) is 14.7. The highest BCUT2D eigenvalue weighted by Crippen LogP contribution is 2.29. The lowest BCUT2D eigenvalue weighted by Gasteiger charge is -2.34. The third-order valence-electron chi connectivity index (χ3n) is 2.61. The molecule has 102 valence electrons. The Balaban J connectivity index is 2.95. The zero-order valence-corrected chi connectivity index (χ0v) is 11.6. The molecule has 1 rings (SSSR count). The fourth-order valence-electron chi connectivity index (χ4n) is 1.81. The first-order valence-corrected chi connectivity index (χ1v) is 5.91. The van der Waals surface area contributed by atoms with E-state index in [0.717, 1.165) is 0 Å². The zero-order chi connectivity index (χ0) is 14.1. The van der Waals surface area contributed by atoms with Gasteiger partial charge in [0.25, 0.3) is 0 Å². The topological polar surface area (TPSA) is 55.8 Å². The maximum atomic E-state index is 12.1. The van der Waals surface area contributed by atoms with Crippen molar-refractivity contribution in [2.24, 2.45) is 0 Å². The quantitative estimate of drug-likeness (QED) is 0.709. The van der Waals surface area contributed by atoms with Crippen molar-refractivity contribution < 1.29 is 19.1 Å². The van der Waals surface area contributed by atoms with Gasteiger partial charge in [0.1, 0.15) is 17.4 Å². The number of amides is 1. The van der Waals surface area contributed by atoms with Crippen LogP contribution in [0.4, 0.5) is 4.79 Å². The Morgan fingerprint density at radius 2 is 2.00 bits per heavy atom. The van der Waals surface area contributed by atoms with Crippen molar-refractivity contribution in [3.05, 3.63) is 12.7 Å². The minimum absolute atomic E-state index is 0.164. The molecular formula is C13H21NO4. The van der Waals surface area contributed by atoms with Gasteiger partial charge in [-0.1, -0.05) is 6.58 Å². The van der Waals surface area contributed by atoms with Crippen molar-refractivity contribution in [1.82, 2.24) is 4.90 Å². The summed E-state index contributed by atoms with van der Waals surface area (Å²) in [6.07, 6.45) is 0.650. The van der Waals surface area contributed by atoms with Crippen LogP contribution < -0.4 is 0 Å². The predicted octanol–water partition coefficient (Wildman–Crippen LogP) is 2.11. The molecule has 0 radical (unpaired) electrons. The van der Waals surface area contributed by atoms with Crippen LogP contribution in [-0.4, -0.2) is 40.8 Å². The van der Waals surface area contributed by atoms with E-state index >= 15 is 0 Å². The lowest BCUT2D eigenvalue weighted by molar-refractivity contribution is -0.120. The van der Waals surface area contributed by atoms with E-state index in [-0.39, 0.29) is 12.4 Å². The molecule has 0 aliphatic carbocycles. The van der Waals surface area contributed by atoms with Gasteiger partial charge in [0.05, 0.1) is 6.61 Å². The second kappa shape index (κ2) is 4.72. The van der Waals surface area contributed by atoms with Gasteiger partial charge in [0.15, 0.2) is 5.78 Å². The highest BCUT2D eigenvalue weighted by Gasteiger charge is 2.47. The molecule has 1 atom stereocenters. The monoisotopic (exact) mass is 255 g/mol. The molecule has 0 saturated carbocycles. The van der Waals surface area contributed by atoms with Gasteiger partial charge in [-0.15, -0.1) is 0 Å². The number of ketones is 1. The second-order valence-electron chi connectivity index (χ2n) is 5.73. The molecule has 0 spiro atoms. The van der Waals surface area contributed by atoms with Gasteiger partial charge < -0.3 is 9.47 Å². The van der Waals surface area contributed by atoms with Crippen molar-refractivity contribution in [1.29, 1.82) is 0 Å². The van der Waals surface area contributed by atoms with Crippen molar-refractivity contribution in [3.63, 3.8) is 0 Å². The zero-order valence-electron chi connectivity index (χ0n) is 11.6. The van der Waals surface area contributed by atoms with Crippen molar-refractivity contribution in [3.8, 4) is 0 Å². The molecule has 18 heavy (non-hydrogen) atoms. The summed E-state index contributed by atoms with van der Waals surface area (Å²) in [7, 11) is 0. The van der Waals surface area contributed by atoms with E-state index in [4.69, 9.17) is 9.47 Å². The lowest BCUT2D eigenvalue weighted by atomic mass is 10.1. The molecule has 0 aromatic carbocycles. The van der Waals surface area contributed by atoms with E-state index in [1.807, 2.05) is 0 Å². The summed E-state index contributed by atoms with van der Waals surface area (Å²) in [5.41, 5.74) is -1.47. The molecule has 0 bridgehead atoms. The maximum absolute atomic E-state index is 12.1. The summed E-state index contributed by atoms with van der Waals surface area (Å²) in [4.78, 5) is 25.2. The summed E-state index contributed by atoms with van der Waals surface area (Å²) in [6, 6.07) is -0.660. The van der Waals surface area contributed by atoms with Crippen LogP contribution in [0.3, 0.4) is 0 Å². The molecule has 0 N–H and O–H groups in total. The second-order valence-corrected chi connectivity index (χ2v) is 5.73. The number of nitrogens with zero attached hydrogens (tertiary/aromatic N) is 1. The fraction of sp³-hybridized carbons (Fsp3) is 0.692. The fourth-order valence-corrected chi connectivity index (χ4v) is 1.81. The Morgan fingerprint density at radius 1 is 1.44 bits per heavy atom. The van der Waals surface area contributed by atoms with E-state index in [2.05, 4.69) is 6.58 Å². The third-order valence-corrected chi connectivity index (χ3v) is 2.61. The van der Waals surface area contributed by atoms with Crippen LogP contribution in [0.1, 0.15) is 34.6 Å². The number of carbonyl (C=O) groups excluding carboxylic acids is 2. The molecule has 1 heterocycles. The largest absolute Gasteiger partial charge is 0.444 e. The molecule has 0 aromatic rings.